The molecule has 2 heteroatoms. The highest BCUT2D eigenvalue weighted by Crippen LogP contribution is 2.31. The summed E-state index contributed by atoms with van der Waals surface area (Å²) in [6.45, 7) is 5.83. The van der Waals surface area contributed by atoms with E-state index >= 15 is 0 Å². The molecular formula is C13H16O2. The summed E-state index contributed by atoms with van der Waals surface area (Å²) in [6, 6.07) is 10.2. The number of rotatable bonds is 6. The van der Waals surface area contributed by atoms with Gasteiger partial charge in [0.2, 0.25) is 0 Å². The third-order valence-corrected chi connectivity index (χ3v) is 2.55. The summed E-state index contributed by atoms with van der Waals surface area (Å²) in [5.74, 6) is 0. The molecule has 2 rings (SSSR count). The van der Waals surface area contributed by atoms with Gasteiger partial charge in [0.1, 0.15) is 5.60 Å². The van der Waals surface area contributed by atoms with Gasteiger partial charge in [0, 0.05) is 0 Å². The lowest BCUT2D eigenvalue weighted by molar-refractivity contribution is 0.0686. The summed E-state index contributed by atoms with van der Waals surface area (Å²) in [6.07, 6.45) is 2.76. The van der Waals surface area contributed by atoms with Crippen LogP contribution in [0, 0.1) is 0 Å². The molecule has 1 heterocycles. The minimum atomic E-state index is -0.0590. The Hall–Kier alpha value is -1.12. The highest BCUT2D eigenvalue weighted by molar-refractivity contribution is 5.13. The first-order valence-corrected chi connectivity index (χ1v) is 5.21. The molecule has 0 spiro atoms. The van der Waals surface area contributed by atoms with Crippen molar-refractivity contribution in [3.8, 4) is 0 Å². The van der Waals surface area contributed by atoms with Crippen LogP contribution in [0.2, 0.25) is 0 Å². The van der Waals surface area contributed by atoms with E-state index in [4.69, 9.17) is 9.47 Å². The molecule has 0 aliphatic carbocycles. The molecule has 0 saturated carbocycles. The second-order valence-electron chi connectivity index (χ2n) is 3.94. The number of ether oxygens (including phenoxy) is 2. The van der Waals surface area contributed by atoms with Crippen molar-refractivity contribution in [1.82, 2.24) is 0 Å². The lowest BCUT2D eigenvalue weighted by Crippen LogP contribution is -2.18. The smallest absolute Gasteiger partial charge is 0.118 e. The Morgan fingerprint density at radius 1 is 1.40 bits per heavy atom. The molecule has 0 unspecified atom stereocenters. The molecule has 1 aromatic rings. The highest BCUT2D eigenvalue weighted by Gasteiger charge is 2.43. The quantitative estimate of drug-likeness (QED) is 0.524. The van der Waals surface area contributed by atoms with Gasteiger partial charge in [-0.05, 0) is 12.0 Å². The van der Waals surface area contributed by atoms with Gasteiger partial charge < -0.3 is 9.47 Å². The maximum atomic E-state index is 5.63. The molecule has 1 aliphatic heterocycles. The van der Waals surface area contributed by atoms with E-state index in [9.17, 15) is 0 Å². The molecule has 0 radical (unpaired) electrons. The summed E-state index contributed by atoms with van der Waals surface area (Å²) in [5, 5.41) is 0. The van der Waals surface area contributed by atoms with E-state index in [0.717, 1.165) is 13.0 Å². The van der Waals surface area contributed by atoms with Gasteiger partial charge >= 0.3 is 0 Å². The van der Waals surface area contributed by atoms with Gasteiger partial charge in [-0.25, -0.2) is 0 Å². The molecule has 1 atom stereocenters. The molecule has 15 heavy (non-hydrogen) atoms. The van der Waals surface area contributed by atoms with Crippen molar-refractivity contribution in [1.29, 1.82) is 0 Å². The van der Waals surface area contributed by atoms with Crippen molar-refractivity contribution in [2.75, 3.05) is 13.2 Å². The molecule has 2 nitrogen and oxygen atoms in total. The second-order valence-corrected chi connectivity index (χ2v) is 3.94. The van der Waals surface area contributed by atoms with Crippen LogP contribution in [-0.4, -0.2) is 18.8 Å². The molecule has 0 bridgehead atoms. The van der Waals surface area contributed by atoms with Crippen LogP contribution < -0.4 is 0 Å². The molecule has 1 saturated heterocycles. The number of epoxide rings is 1. The van der Waals surface area contributed by atoms with Gasteiger partial charge in [0.15, 0.2) is 0 Å². The van der Waals surface area contributed by atoms with Crippen LogP contribution in [0.3, 0.4) is 0 Å². The first kappa shape index (κ1) is 10.4. The predicted octanol–water partition coefficient (Wildman–Crippen LogP) is 2.55. The topological polar surface area (TPSA) is 21.8 Å². The Morgan fingerprint density at radius 3 is 2.73 bits per heavy atom. The normalized spacial score (nSPS) is 23.7. The molecule has 1 aliphatic rings. The zero-order valence-corrected chi connectivity index (χ0v) is 8.82. The average Bonchev–Trinajstić information content (AvgIpc) is 3.00. The fourth-order valence-electron chi connectivity index (χ4n) is 1.55. The largest absolute Gasteiger partial charge is 0.374 e. The number of hydrogen-bond donors (Lipinski definition) is 0. The Kier molecular flexibility index (Phi) is 3.19. The summed E-state index contributed by atoms with van der Waals surface area (Å²) in [7, 11) is 0. The minimum Gasteiger partial charge on any atom is -0.374 e. The Morgan fingerprint density at radius 2 is 2.13 bits per heavy atom. The van der Waals surface area contributed by atoms with Crippen LogP contribution in [0.4, 0.5) is 0 Å². The maximum Gasteiger partial charge on any atom is 0.118 e. The van der Waals surface area contributed by atoms with E-state index in [1.165, 1.54) is 5.56 Å². The first-order chi connectivity index (χ1) is 7.35. The Balaban J connectivity index is 1.73. The molecule has 1 aromatic carbocycles. The third kappa shape index (κ3) is 2.91. The summed E-state index contributed by atoms with van der Waals surface area (Å²) < 4.78 is 11.0. The van der Waals surface area contributed by atoms with Crippen molar-refractivity contribution in [3.63, 3.8) is 0 Å². The van der Waals surface area contributed by atoms with Crippen LogP contribution in [0.15, 0.2) is 43.0 Å². The van der Waals surface area contributed by atoms with Crippen molar-refractivity contribution in [2.24, 2.45) is 0 Å². The maximum absolute atomic E-state index is 5.63. The average molecular weight is 204 g/mol. The van der Waals surface area contributed by atoms with Crippen molar-refractivity contribution in [2.45, 2.75) is 18.6 Å². The molecule has 0 N–H and O–H groups in total. The lowest BCUT2D eigenvalue weighted by atomic mass is 10.1. The van der Waals surface area contributed by atoms with Crippen molar-refractivity contribution >= 4 is 0 Å². The Labute approximate surface area is 90.5 Å². The molecule has 0 amide bonds. The number of benzene rings is 1. The monoisotopic (exact) mass is 204 g/mol. The summed E-state index contributed by atoms with van der Waals surface area (Å²) in [5.41, 5.74) is 1.14. The fraction of sp³-hybridized carbons (Fsp3) is 0.385. The number of hydrogen-bond acceptors (Lipinski definition) is 2. The Bertz CT molecular complexity index is 315. The van der Waals surface area contributed by atoms with Gasteiger partial charge in [-0.3, -0.25) is 0 Å². The van der Waals surface area contributed by atoms with Crippen molar-refractivity contribution < 1.29 is 9.47 Å². The predicted molar refractivity (Wildman–Crippen MR) is 59.6 cm³/mol. The van der Waals surface area contributed by atoms with Crippen LogP contribution in [0.25, 0.3) is 0 Å². The molecular weight excluding hydrogens is 188 g/mol. The van der Waals surface area contributed by atoms with Gasteiger partial charge in [0.25, 0.3) is 0 Å². The standard InChI is InChI=1S/C13H16O2/c1-2-8-13(11-15-13)10-14-9-12-6-4-3-5-7-12/h2-7H,1,8-11H2/t13-/m1/s1. The highest BCUT2D eigenvalue weighted by atomic mass is 16.6. The third-order valence-electron chi connectivity index (χ3n) is 2.55. The van der Waals surface area contributed by atoms with Gasteiger partial charge in [0.05, 0.1) is 19.8 Å². The van der Waals surface area contributed by atoms with E-state index in [0.29, 0.717) is 13.2 Å². The minimum absolute atomic E-state index is 0.0590. The van der Waals surface area contributed by atoms with Gasteiger partial charge in [-0.1, -0.05) is 36.4 Å². The van der Waals surface area contributed by atoms with E-state index in [2.05, 4.69) is 18.7 Å². The summed E-state index contributed by atoms with van der Waals surface area (Å²) in [4.78, 5) is 0. The summed E-state index contributed by atoms with van der Waals surface area (Å²) >= 11 is 0. The van der Waals surface area contributed by atoms with Gasteiger partial charge in [-0.15, -0.1) is 6.58 Å². The zero-order chi connectivity index (χ0) is 10.6. The van der Waals surface area contributed by atoms with Crippen LogP contribution in [0.5, 0.6) is 0 Å². The molecule has 80 valence electrons. The van der Waals surface area contributed by atoms with E-state index in [1.54, 1.807) is 0 Å². The first-order valence-electron chi connectivity index (χ1n) is 5.21. The van der Waals surface area contributed by atoms with Crippen LogP contribution >= 0.6 is 0 Å². The van der Waals surface area contributed by atoms with E-state index in [-0.39, 0.29) is 5.60 Å². The SMILES string of the molecule is C=CC[C@@]1(COCc2ccccc2)CO1. The molecule has 1 fully saturated rings. The van der Waals surface area contributed by atoms with Gasteiger partial charge in [-0.2, -0.15) is 0 Å². The lowest BCUT2D eigenvalue weighted by Gasteiger charge is -2.09. The van der Waals surface area contributed by atoms with E-state index < -0.39 is 0 Å². The van der Waals surface area contributed by atoms with E-state index in [1.807, 2.05) is 24.3 Å². The molecule has 0 aromatic heterocycles. The fourth-order valence-corrected chi connectivity index (χ4v) is 1.55. The van der Waals surface area contributed by atoms with Crippen LogP contribution in [-0.2, 0) is 16.1 Å². The van der Waals surface area contributed by atoms with Crippen LogP contribution in [0.1, 0.15) is 12.0 Å². The van der Waals surface area contributed by atoms with Crippen molar-refractivity contribution in [3.05, 3.63) is 48.6 Å². The zero-order valence-electron chi connectivity index (χ0n) is 8.82. The second kappa shape index (κ2) is 4.60.